The molecule has 0 spiro atoms. The molecule has 0 bridgehead atoms. The van der Waals surface area contributed by atoms with E-state index in [4.69, 9.17) is 13.6 Å². The van der Waals surface area contributed by atoms with Gasteiger partial charge in [-0.15, -0.1) is 0 Å². The van der Waals surface area contributed by atoms with Crippen LogP contribution in [0.2, 0.25) is 0 Å². The van der Waals surface area contributed by atoms with Crippen molar-refractivity contribution in [2.75, 3.05) is 13.6 Å². The van der Waals surface area contributed by atoms with Gasteiger partial charge >= 0.3 is 8.60 Å². The molecule has 3 aliphatic rings. The third kappa shape index (κ3) is 3.13. The standard InChI is InChI=1S/C14H24NO3P/c1-10-8-11(2)17-19(16-10)18-13-5-4-12-6-7-15(3)14(12)9-13/h9-12,14H,4-8H2,1-3H3. The highest BCUT2D eigenvalue weighted by molar-refractivity contribution is 7.41. The molecule has 0 N–H and O–H groups in total. The highest BCUT2D eigenvalue weighted by Crippen LogP contribution is 2.50. The van der Waals surface area contributed by atoms with Gasteiger partial charge in [-0.2, -0.15) is 0 Å². The van der Waals surface area contributed by atoms with Crippen LogP contribution in [0.1, 0.15) is 39.5 Å². The molecule has 2 aliphatic heterocycles. The van der Waals surface area contributed by atoms with Crippen molar-refractivity contribution in [3.63, 3.8) is 0 Å². The van der Waals surface area contributed by atoms with E-state index in [1.165, 1.54) is 19.4 Å². The summed E-state index contributed by atoms with van der Waals surface area (Å²) in [6.45, 7) is 5.39. The summed E-state index contributed by atoms with van der Waals surface area (Å²) >= 11 is 0. The Morgan fingerprint density at radius 1 is 1.26 bits per heavy atom. The van der Waals surface area contributed by atoms with Crippen LogP contribution in [0.5, 0.6) is 0 Å². The first-order valence-corrected chi connectivity index (χ1v) is 8.44. The minimum atomic E-state index is -1.19. The Kier molecular flexibility index (Phi) is 4.14. The molecule has 0 amide bonds. The fourth-order valence-electron chi connectivity index (χ4n) is 3.32. The monoisotopic (exact) mass is 285 g/mol. The number of likely N-dealkylation sites (N-methyl/N-ethyl adjacent to an activating group) is 1. The maximum Gasteiger partial charge on any atom is 0.397 e. The van der Waals surface area contributed by atoms with Crippen LogP contribution < -0.4 is 0 Å². The van der Waals surface area contributed by atoms with Crippen molar-refractivity contribution < 1.29 is 13.6 Å². The molecule has 2 heterocycles. The molecule has 2 fully saturated rings. The first-order valence-electron chi connectivity index (χ1n) is 7.34. The first-order chi connectivity index (χ1) is 9.11. The Labute approximate surface area is 117 Å². The van der Waals surface area contributed by atoms with E-state index >= 15 is 0 Å². The largest absolute Gasteiger partial charge is 0.432 e. The molecule has 1 aliphatic carbocycles. The molecule has 108 valence electrons. The summed E-state index contributed by atoms with van der Waals surface area (Å²) < 4.78 is 17.5. The average molecular weight is 285 g/mol. The zero-order valence-electron chi connectivity index (χ0n) is 12.0. The molecule has 0 radical (unpaired) electrons. The third-order valence-electron chi connectivity index (χ3n) is 4.35. The number of allylic oxidation sites excluding steroid dienone is 1. The van der Waals surface area contributed by atoms with Gasteiger partial charge in [0.15, 0.2) is 0 Å². The van der Waals surface area contributed by atoms with Crippen LogP contribution in [0, 0.1) is 5.92 Å². The molecule has 4 unspecified atom stereocenters. The van der Waals surface area contributed by atoms with Crippen molar-refractivity contribution in [2.45, 2.75) is 57.8 Å². The van der Waals surface area contributed by atoms with Crippen LogP contribution in [-0.2, 0) is 13.6 Å². The molecule has 0 aromatic carbocycles. The van der Waals surface area contributed by atoms with Crippen LogP contribution in [0.15, 0.2) is 11.8 Å². The molecule has 0 aromatic heterocycles. The highest BCUT2D eigenvalue weighted by atomic mass is 31.2. The number of rotatable bonds is 2. The van der Waals surface area contributed by atoms with Crippen LogP contribution in [0.25, 0.3) is 0 Å². The van der Waals surface area contributed by atoms with Crippen molar-refractivity contribution in [1.29, 1.82) is 0 Å². The lowest BCUT2D eigenvalue weighted by molar-refractivity contribution is 0.0395. The Bertz CT molecular complexity index is 353. The second-order valence-electron chi connectivity index (χ2n) is 6.07. The lowest BCUT2D eigenvalue weighted by Crippen LogP contribution is -2.30. The number of fused-ring (bicyclic) bond motifs is 1. The molecule has 0 aromatic rings. The quantitative estimate of drug-likeness (QED) is 0.727. The lowest BCUT2D eigenvalue weighted by Gasteiger charge is -2.33. The van der Waals surface area contributed by atoms with E-state index in [9.17, 15) is 0 Å². The van der Waals surface area contributed by atoms with Crippen molar-refractivity contribution >= 4 is 8.60 Å². The predicted octanol–water partition coefficient (Wildman–Crippen LogP) is 3.44. The predicted molar refractivity (Wildman–Crippen MR) is 75.6 cm³/mol. The zero-order chi connectivity index (χ0) is 13.4. The molecule has 2 saturated heterocycles. The van der Waals surface area contributed by atoms with Gasteiger partial charge in [-0.05, 0) is 52.3 Å². The van der Waals surface area contributed by atoms with E-state index in [-0.39, 0.29) is 12.2 Å². The average Bonchev–Trinajstić information content (AvgIpc) is 2.70. The van der Waals surface area contributed by atoms with Crippen molar-refractivity contribution in [3.8, 4) is 0 Å². The summed E-state index contributed by atoms with van der Waals surface area (Å²) in [5.74, 6) is 1.89. The van der Waals surface area contributed by atoms with Gasteiger partial charge in [0.05, 0.1) is 12.2 Å². The van der Waals surface area contributed by atoms with Crippen LogP contribution in [-0.4, -0.2) is 36.7 Å². The SMILES string of the molecule is CC1CC(C)OP(OC2=CC3C(CC2)CCN3C)O1. The van der Waals surface area contributed by atoms with Crippen molar-refractivity contribution in [2.24, 2.45) is 5.92 Å². The van der Waals surface area contributed by atoms with Crippen molar-refractivity contribution in [1.82, 2.24) is 4.90 Å². The van der Waals surface area contributed by atoms with Crippen molar-refractivity contribution in [3.05, 3.63) is 11.8 Å². The van der Waals surface area contributed by atoms with Crippen LogP contribution in [0.3, 0.4) is 0 Å². The first kappa shape index (κ1) is 13.8. The van der Waals surface area contributed by atoms with Gasteiger partial charge in [0.1, 0.15) is 5.76 Å². The van der Waals surface area contributed by atoms with E-state index in [0.717, 1.165) is 24.5 Å². The van der Waals surface area contributed by atoms with Gasteiger partial charge in [0, 0.05) is 18.9 Å². The summed E-state index contributed by atoms with van der Waals surface area (Å²) in [5, 5.41) is 0. The van der Waals surface area contributed by atoms with Gasteiger partial charge in [0.2, 0.25) is 0 Å². The Morgan fingerprint density at radius 3 is 2.74 bits per heavy atom. The summed E-state index contributed by atoms with van der Waals surface area (Å²) in [5.41, 5.74) is 0. The van der Waals surface area contributed by atoms with E-state index in [2.05, 4.69) is 31.9 Å². The lowest BCUT2D eigenvalue weighted by atomic mass is 9.89. The molecule has 19 heavy (non-hydrogen) atoms. The van der Waals surface area contributed by atoms with E-state index in [1.54, 1.807) is 0 Å². The third-order valence-corrected chi connectivity index (χ3v) is 5.80. The van der Waals surface area contributed by atoms with E-state index < -0.39 is 8.60 Å². The Hall–Kier alpha value is -0.150. The van der Waals surface area contributed by atoms with Crippen LogP contribution in [0.4, 0.5) is 0 Å². The maximum atomic E-state index is 5.98. The smallest absolute Gasteiger partial charge is 0.397 e. The molecule has 5 heteroatoms. The second kappa shape index (κ2) is 5.69. The zero-order valence-corrected chi connectivity index (χ0v) is 12.9. The van der Waals surface area contributed by atoms with E-state index in [0.29, 0.717) is 6.04 Å². The summed E-state index contributed by atoms with van der Waals surface area (Å²) in [6, 6.07) is 0.554. The Morgan fingerprint density at radius 2 is 2.00 bits per heavy atom. The van der Waals surface area contributed by atoms with Crippen LogP contribution >= 0.6 is 8.60 Å². The molecule has 0 saturated carbocycles. The Balaban J connectivity index is 1.62. The molecule has 3 rings (SSSR count). The van der Waals surface area contributed by atoms with Gasteiger partial charge in [0.25, 0.3) is 0 Å². The van der Waals surface area contributed by atoms with E-state index in [1.807, 2.05) is 0 Å². The number of nitrogens with zero attached hydrogens (tertiary/aromatic N) is 1. The fraction of sp³-hybridized carbons (Fsp3) is 0.857. The molecule has 4 atom stereocenters. The highest BCUT2D eigenvalue weighted by Gasteiger charge is 2.35. The minimum Gasteiger partial charge on any atom is -0.432 e. The number of likely N-dealkylation sites (tertiary alicyclic amines) is 1. The number of hydrogen-bond acceptors (Lipinski definition) is 4. The van der Waals surface area contributed by atoms with Gasteiger partial charge < -0.3 is 4.52 Å². The second-order valence-corrected chi connectivity index (χ2v) is 7.13. The topological polar surface area (TPSA) is 30.9 Å². The molecular formula is C14H24NO3P. The minimum absolute atomic E-state index is 0.237. The summed E-state index contributed by atoms with van der Waals surface area (Å²) in [6.07, 6.45) is 7.30. The van der Waals surface area contributed by atoms with Gasteiger partial charge in [-0.3, -0.25) is 13.9 Å². The number of hydrogen-bond donors (Lipinski definition) is 0. The summed E-state index contributed by atoms with van der Waals surface area (Å²) in [4.78, 5) is 2.42. The molecule has 4 nitrogen and oxygen atoms in total. The van der Waals surface area contributed by atoms with Gasteiger partial charge in [-0.25, -0.2) is 0 Å². The normalized spacial score (nSPS) is 43.7. The van der Waals surface area contributed by atoms with Gasteiger partial charge in [-0.1, -0.05) is 0 Å². The maximum absolute atomic E-state index is 5.98. The molecular weight excluding hydrogens is 261 g/mol. The summed E-state index contributed by atoms with van der Waals surface area (Å²) in [7, 11) is 1.01. The fourth-order valence-corrected chi connectivity index (χ4v) is 4.56.